The molecule has 2 aromatic carbocycles. The van der Waals surface area contributed by atoms with E-state index < -0.39 is 44.6 Å². The van der Waals surface area contributed by atoms with Crippen molar-refractivity contribution in [1.29, 1.82) is 10.5 Å². The van der Waals surface area contributed by atoms with Crippen LogP contribution < -0.4 is 9.47 Å². The second-order valence-corrected chi connectivity index (χ2v) is 42.6. The number of aldehydes is 3. The highest BCUT2D eigenvalue weighted by atomic mass is 16.5. The van der Waals surface area contributed by atoms with Gasteiger partial charge in [0.15, 0.2) is 0 Å². The van der Waals surface area contributed by atoms with Crippen molar-refractivity contribution < 1.29 is 72.1 Å². The van der Waals surface area contributed by atoms with Crippen LogP contribution in [0.4, 0.5) is 0 Å². The van der Waals surface area contributed by atoms with E-state index in [0.717, 1.165) is 194 Å². The molecule has 15 unspecified atom stereocenters. The van der Waals surface area contributed by atoms with Gasteiger partial charge in [-0.15, -0.1) is 0 Å². The predicted octanol–water partition coefficient (Wildman–Crippen LogP) is 23.2. The van der Waals surface area contributed by atoms with Crippen LogP contribution in [0.5, 0.6) is 11.5 Å². The first-order chi connectivity index (χ1) is 60.5. The molecule has 6 bridgehead atoms. The number of unbranched alkanes of at least 4 members (excludes halogenated alkanes) is 6. The summed E-state index contributed by atoms with van der Waals surface area (Å²) in [4.78, 5) is 86.1. The Morgan fingerprint density at radius 2 is 0.780 bits per heavy atom. The molecule has 1 heterocycles. The van der Waals surface area contributed by atoms with Crippen LogP contribution in [0.3, 0.4) is 0 Å². The number of hydrogen-bond donors (Lipinski definition) is 2. The van der Waals surface area contributed by atoms with Crippen LogP contribution in [0.25, 0.3) is 0 Å². The van der Waals surface area contributed by atoms with Crippen molar-refractivity contribution in [2.75, 3.05) is 53.9 Å². The van der Waals surface area contributed by atoms with Crippen LogP contribution in [-0.4, -0.2) is 112 Å². The number of pyridine rings is 1. The highest BCUT2D eigenvalue weighted by Crippen LogP contribution is 2.75. The Balaban J connectivity index is 0.000000201. The predicted molar refractivity (Wildman–Crippen MR) is 500 cm³/mol. The van der Waals surface area contributed by atoms with Gasteiger partial charge in [0.25, 0.3) is 0 Å². The fourth-order valence-electron chi connectivity index (χ4n) is 25.4. The number of allylic oxidation sites excluding steroid dienone is 3. The number of aromatic nitrogens is 1. The van der Waals surface area contributed by atoms with E-state index in [1.54, 1.807) is 14.2 Å². The highest BCUT2D eigenvalue weighted by molar-refractivity contribution is 5.91. The summed E-state index contributed by atoms with van der Waals surface area (Å²) in [5.74, 6) is 1.61. The molecule has 18 nitrogen and oxygen atoms in total. The van der Waals surface area contributed by atoms with E-state index in [0.29, 0.717) is 57.8 Å². The fraction of sp³-hybridized carbons (Fsp3) is 0.716. The maximum atomic E-state index is 14.4. The third-order valence-electron chi connectivity index (χ3n) is 32.0. The number of ether oxygens (including phenoxy) is 7. The molecule has 21 atom stereocenters. The van der Waals surface area contributed by atoms with Gasteiger partial charge in [0.1, 0.15) is 59.8 Å². The molecular weight excluding hydrogens is 1590 g/mol. The zero-order chi connectivity index (χ0) is 93.0. The molecule has 1 aromatic heterocycles. The van der Waals surface area contributed by atoms with Crippen molar-refractivity contribution >= 4 is 36.8 Å². The standard InChI is InChI=1S/C35H49NO5.C34H50O6.C27H41NO4.C13H21N/c1-6-7-15-40-16-9-8-10-30-25(4)28(21-36)18-32(30)34(23-37)19-27-17-31(24(2)3)35(34,20-27)33(38)41-22-26-11-13-29(39-5)14-12-26;1-6-7-15-39-16-9-8-10-28-24(4)31(36)18-30(28)33(22-35)19-26-17-29(23(2)3)34(33,20-26)32(37)40-21-25-11-13-27(38-5)14-12-25;1-5-6-10-32-11-8-7-9-22-19(4)21(16-28)13-24(22)26(17-29)14-20-12-23(18(2)3)27(26,15-20)25(30)31;1-12(2,3)10-8-7-9-11(14-10)13(4,5)6/h11-14,17,23-25,27-28,30,32H,6-10,15-16,18-20,22H2,1-5H3;11-14,17,22-24,26,28,30-31,36H,6-10,15-16,18-21H2,1-5H3;12,17-22,24H,5-11,13-15H2,1-4H3,(H,30,31);7-9H,1-6H3/t25?,27?,28?,30?,32?,34-,35+;24?,26?,28?,30?,31?,33-,34+;19?,20?,21?,22?,24?,26-,27+;/m000./s1. The van der Waals surface area contributed by atoms with Crippen molar-refractivity contribution in [3.8, 4) is 23.6 Å². The van der Waals surface area contributed by atoms with E-state index >= 15 is 0 Å². The normalized spacial score (nSPS) is 31.8. The summed E-state index contributed by atoms with van der Waals surface area (Å²) < 4.78 is 40.0. The maximum absolute atomic E-state index is 14.4. The SMILES string of the molecule is CC(C)(C)c1cccc(C(C)(C)C)n1.CCCCOCCCCC1C(C)C(C#N)CC1[C@@]1(C=O)CC2C=C(C(C)C)[C@@]1(C(=O)O)C2.CCCCOCCCCC1C(C)C(C#N)CC1[C@@]1(C=O)CC2C=C(C(C)C)[C@@]1(C(=O)OCc1ccc(OC)cc1)C2.CCCCOCCCCC1C(C)C(O)CC1[C@@]1(C=O)CC2C=C(C(C)C)[C@@]1(C(=O)OCc1ccc(OC)cc1)C2. The Bertz CT molecular complexity index is 4240. The molecule has 0 radical (unpaired) electrons. The lowest BCUT2D eigenvalue weighted by Crippen LogP contribution is -2.53. The maximum Gasteiger partial charge on any atom is 0.317 e. The van der Waals surface area contributed by atoms with Crippen LogP contribution in [0.15, 0.2) is 102 Å². The quantitative estimate of drug-likeness (QED) is 0.0231. The van der Waals surface area contributed by atoms with Crippen molar-refractivity contribution in [3.05, 3.63) is 124 Å². The third-order valence-corrected chi connectivity index (χ3v) is 32.0. The minimum Gasteiger partial charge on any atom is -0.497 e. The molecule has 3 aromatic rings. The number of carboxylic acids is 1. The molecule has 2 N–H and O–H groups in total. The average molecular weight is 1750 g/mol. The molecule has 6 saturated carbocycles. The minimum absolute atomic E-state index is 0.0263. The van der Waals surface area contributed by atoms with Gasteiger partial charge < -0.3 is 57.8 Å². The summed E-state index contributed by atoms with van der Waals surface area (Å²) in [6, 6.07) is 26.4. The first-order valence-electron chi connectivity index (χ1n) is 49.1. The topological polar surface area (TPSA) is 268 Å². The second-order valence-electron chi connectivity index (χ2n) is 42.6. The number of fused-ring (bicyclic) bond motifs is 6. The number of rotatable bonds is 42. The largest absolute Gasteiger partial charge is 0.497 e. The number of carbonyl (C=O) groups excluding carboxylic acids is 5. The molecule has 0 spiro atoms. The van der Waals surface area contributed by atoms with Crippen molar-refractivity contribution in [2.24, 2.45) is 133 Å². The fourth-order valence-corrected chi connectivity index (χ4v) is 25.4. The number of esters is 2. The molecular formula is C109H161N3O15. The van der Waals surface area contributed by atoms with Gasteiger partial charge in [-0.05, 0) is 252 Å². The van der Waals surface area contributed by atoms with Crippen molar-refractivity contribution in [2.45, 2.75) is 309 Å². The number of benzene rings is 2. The van der Waals surface area contributed by atoms with E-state index in [9.17, 15) is 49.5 Å². The Labute approximate surface area is 763 Å². The minimum atomic E-state index is -1.11. The van der Waals surface area contributed by atoms with Gasteiger partial charge in [0, 0.05) is 89.9 Å². The monoisotopic (exact) mass is 1750 g/mol. The summed E-state index contributed by atoms with van der Waals surface area (Å²) in [5, 5.41) is 41.5. The number of carboxylic acid groups (broad SMARTS) is 1. The van der Waals surface area contributed by atoms with E-state index in [2.05, 4.69) is 159 Å². The number of hydrogen-bond acceptors (Lipinski definition) is 17. The Kier molecular flexibility index (Phi) is 37.2. The van der Waals surface area contributed by atoms with Gasteiger partial charge in [-0.1, -0.05) is 228 Å². The second kappa shape index (κ2) is 45.7. The summed E-state index contributed by atoms with van der Waals surface area (Å²) in [6.45, 7) is 43.6. The van der Waals surface area contributed by atoms with E-state index in [4.69, 9.17) is 38.1 Å². The number of aliphatic carboxylic acids is 1. The first-order valence-corrected chi connectivity index (χ1v) is 49.1. The lowest BCUT2D eigenvalue weighted by atomic mass is 9.52. The Morgan fingerprint density at radius 3 is 1.09 bits per heavy atom. The molecule has 6 fully saturated rings. The summed E-state index contributed by atoms with van der Waals surface area (Å²) in [5.41, 5.74) is 1.74. The van der Waals surface area contributed by atoms with E-state index in [-0.39, 0.29) is 137 Å². The van der Waals surface area contributed by atoms with Gasteiger partial charge in [-0.3, -0.25) is 19.4 Å². The lowest BCUT2D eigenvalue weighted by molar-refractivity contribution is -0.167. The van der Waals surface area contributed by atoms with Crippen molar-refractivity contribution in [1.82, 2.24) is 4.98 Å². The molecule has 127 heavy (non-hydrogen) atoms. The highest BCUT2D eigenvalue weighted by Gasteiger charge is 2.75. The summed E-state index contributed by atoms with van der Waals surface area (Å²) >= 11 is 0. The van der Waals surface area contributed by atoms with Crippen LogP contribution in [0.2, 0.25) is 0 Å². The number of carbonyl (C=O) groups is 6. The third kappa shape index (κ3) is 21.9. The molecule has 702 valence electrons. The van der Waals surface area contributed by atoms with Gasteiger partial charge in [0.2, 0.25) is 0 Å². The smallest absolute Gasteiger partial charge is 0.317 e. The zero-order valence-corrected chi connectivity index (χ0v) is 81.4. The molecule has 12 rings (SSSR count). The lowest BCUT2D eigenvalue weighted by Gasteiger charge is -2.49. The Hall–Kier alpha value is -7.35. The van der Waals surface area contributed by atoms with E-state index in [1.165, 1.54) is 11.4 Å². The van der Waals surface area contributed by atoms with Gasteiger partial charge in [-0.25, -0.2) is 0 Å². The molecule has 9 aliphatic rings. The average Bonchev–Trinajstić information content (AvgIpc) is 1.53. The molecule has 18 heteroatoms. The summed E-state index contributed by atoms with van der Waals surface area (Å²) in [7, 11) is 3.25. The van der Waals surface area contributed by atoms with Gasteiger partial charge >= 0.3 is 17.9 Å². The Morgan fingerprint density at radius 1 is 0.465 bits per heavy atom. The number of aliphatic hydroxyl groups is 1. The zero-order valence-electron chi connectivity index (χ0n) is 81.4. The van der Waals surface area contributed by atoms with Crippen LogP contribution in [0, 0.1) is 156 Å². The number of nitriles is 2. The van der Waals surface area contributed by atoms with Crippen LogP contribution >= 0.6 is 0 Å². The van der Waals surface area contributed by atoms with Gasteiger partial charge in [0.05, 0.1) is 32.5 Å². The van der Waals surface area contributed by atoms with Gasteiger partial charge in [-0.2, -0.15) is 10.5 Å². The first kappa shape index (κ1) is 103. The molecule has 0 amide bonds. The molecule has 0 saturated heterocycles. The van der Waals surface area contributed by atoms with Crippen molar-refractivity contribution in [3.63, 3.8) is 0 Å². The summed E-state index contributed by atoms with van der Waals surface area (Å²) in [6.07, 6.45) is 30.3. The van der Waals surface area contributed by atoms with E-state index in [1.807, 2.05) is 62.4 Å². The number of methoxy groups -OCH3 is 2. The number of nitrogens with zero attached hydrogens (tertiary/aromatic N) is 3. The molecule has 9 aliphatic carbocycles. The molecule has 0 aliphatic heterocycles. The van der Waals surface area contributed by atoms with Crippen LogP contribution in [-0.2, 0) is 76.5 Å². The van der Waals surface area contributed by atoms with Crippen LogP contribution in [0.1, 0.15) is 301 Å². The number of aliphatic hydroxyl groups excluding tert-OH is 1.